The summed E-state index contributed by atoms with van der Waals surface area (Å²) in [5.74, 6) is 0.327. The van der Waals surface area contributed by atoms with Crippen molar-refractivity contribution in [2.75, 3.05) is 5.73 Å². The molecule has 2 aromatic heterocycles. The highest BCUT2D eigenvalue weighted by atomic mass is 19.1. The number of benzene rings is 1. The summed E-state index contributed by atoms with van der Waals surface area (Å²) in [5.41, 5.74) is 11.1. The minimum Gasteiger partial charge on any atom is -0.384 e. The van der Waals surface area contributed by atoms with Crippen molar-refractivity contribution < 1.29 is 4.39 Å². The summed E-state index contributed by atoms with van der Waals surface area (Å²) >= 11 is 0. The van der Waals surface area contributed by atoms with Crippen molar-refractivity contribution in [2.45, 2.75) is 26.7 Å². The van der Waals surface area contributed by atoms with E-state index >= 15 is 0 Å². The number of hydrogen-bond acceptors (Lipinski definition) is 3. The predicted octanol–water partition coefficient (Wildman–Crippen LogP) is 3.47. The van der Waals surface area contributed by atoms with Crippen LogP contribution in [0.25, 0.3) is 22.3 Å². The number of H-pyrrole nitrogens is 1. The zero-order chi connectivity index (χ0) is 15.5. The fraction of sp³-hybridized carbons (Fsp3) is 0.294. The number of halogens is 1. The highest BCUT2D eigenvalue weighted by Gasteiger charge is 2.34. The summed E-state index contributed by atoms with van der Waals surface area (Å²) in [7, 11) is 0. The predicted molar refractivity (Wildman–Crippen MR) is 84.9 cm³/mol. The van der Waals surface area contributed by atoms with Gasteiger partial charge in [-0.05, 0) is 53.6 Å². The Kier molecular flexibility index (Phi) is 2.58. The molecular formula is C17H17FN4. The van der Waals surface area contributed by atoms with Gasteiger partial charge in [0, 0.05) is 5.56 Å². The average molecular weight is 296 g/mol. The Balaban J connectivity index is 2.03. The third kappa shape index (κ3) is 1.89. The van der Waals surface area contributed by atoms with Gasteiger partial charge >= 0.3 is 0 Å². The Morgan fingerprint density at radius 2 is 1.82 bits per heavy atom. The number of aromatic amines is 1. The molecule has 3 aromatic rings. The largest absolute Gasteiger partial charge is 0.384 e. The Morgan fingerprint density at radius 3 is 2.55 bits per heavy atom. The van der Waals surface area contributed by atoms with Crippen LogP contribution in [0.15, 0.2) is 24.3 Å². The van der Waals surface area contributed by atoms with Gasteiger partial charge in [0.2, 0.25) is 0 Å². The quantitative estimate of drug-likeness (QED) is 0.722. The molecule has 1 aromatic carbocycles. The van der Waals surface area contributed by atoms with Crippen LogP contribution in [0.2, 0.25) is 0 Å². The number of nitrogens with one attached hydrogen (secondary N) is 1. The molecule has 4 rings (SSSR count). The molecule has 3 N–H and O–H groups in total. The Hall–Kier alpha value is -2.43. The second-order valence-electron chi connectivity index (χ2n) is 6.78. The highest BCUT2D eigenvalue weighted by Crippen LogP contribution is 2.44. The van der Waals surface area contributed by atoms with E-state index in [4.69, 9.17) is 5.73 Å². The van der Waals surface area contributed by atoms with Crippen LogP contribution in [0.3, 0.4) is 0 Å². The number of anilines is 1. The van der Waals surface area contributed by atoms with Crippen molar-refractivity contribution in [1.29, 1.82) is 0 Å². The highest BCUT2D eigenvalue weighted by molar-refractivity contribution is 5.93. The number of aromatic nitrogens is 3. The zero-order valence-electron chi connectivity index (χ0n) is 12.6. The van der Waals surface area contributed by atoms with E-state index in [1.165, 1.54) is 23.3 Å². The topological polar surface area (TPSA) is 67.6 Å². The molecule has 0 saturated carbocycles. The van der Waals surface area contributed by atoms with Crippen LogP contribution >= 0.6 is 0 Å². The number of rotatable bonds is 1. The summed E-state index contributed by atoms with van der Waals surface area (Å²) in [4.78, 5) is 4.69. The molecule has 2 heterocycles. The van der Waals surface area contributed by atoms with Crippen LogP contribution in [-0.4, -0.2) is 15.2 Å². The SMILES string of the molecule is CC1(C)Cc2c(-c3ccc(F)cc3)nc3n[nH]c(N)c3c2C1. The lowest BCUT2D eigenvalue weighted by molar-refractivity contribution is 0.393. The minimum atomic E-state index is -0.245. The van der Waals surface area contributed by atoms with Crippen molar-refractivity contribution in [1.82, 2.24) is 15.2 Å². The summed E-state index contributed by atoms with van der Waals surface area (Å²) < 4.78 is 13.2. The summed E-state index contributed by atoms with van der Waals surface area (Å²) in [6.45, 7) is 4.48. The minimum absolute atomic E-state index is 0.163. The summed E-state index contributed by atoms with van der Waals surface area (Å²) in [5, 5.41) is 7.98. The molecule has 22 heavy (non-hydrogen) atoms. The van der Waals surface area contributed by atoms with Gasteiger partial charge in [0.15, 0.2) is 5.65 Å². The van der Waals surface area contributed by atoms with Gasteiger partial charge in [0.25, 0.3) is 0 Å². The van der Waals surface area contributed by atoms with E-state index in [1.54, 1.807) is 12.1 Å². The van der Waals surface area contributed by atoms with Crippen molar-refractivity contribution in [3.63, 3.8) is 0 Å². The molecule has 0 amide bonds. The van der Waals surface area contributed by atoms with Crippen molar-refractivity contribution >= 4 is 16.9 Å². The Bertz CT molecular complexity index is 878. The first kappa shape index (κ1) is 13.2. The molecule has 0 bridgehead atoms. The van der Waals surface area contributed by atoms with E-state index in [-0.39, 0.29) is 11.2 Å². The van der Waals surface area contributed by atoms with Crippen molar-refractivity contribution in [2.24, 2.45) is 5.41 Å². The number of nitrogens with zero attached hydrogens (tertiary/aromatic N) is 2. The van der Waals surface area contributed by atoms with Crippen molar-refractivity contribution in [3.05, 3.63) is 41.2 Å². The molecule has 4 nitrogen and oxygen atoms in total. The maximum Gasteiger partial charge on any atom is 0.183 e. The number of fused-ring (bicyclic) bond motifs is 3. The van der Waals surface area contributed by atoms with Gasteiger partial charge in [0.1, 0.15) is 11.6 Å². The van der Waals surface area contributed by atoms with Gasteiger partial charge < -0.3 is 5.73 Å². The number of pyridine rings is 1. The van der Waals surface area contributed by atoms with E-state index in [0.29, 0.717) is 11.5 Å². The molecule has 0 aliphatic heterocycles. The fourth-order valence-corrected chi connectivity index (χ4v) is 3.44. The van der Waals surface area contributed by atoms with Crippen LogP contribution in [0.1, 0.15) is 25.0 Å². The molecule has 1 aliphatic rings. The lowest BCUT2D eigenvalue weighted by Gasteiger charge is -2.15. The normalized spacial score (nSPS) is 16.1. The average Bonchev–Trinajstić information content (AvgIpc) is 2.98. The maximum absolute atomic E-state index is 13.2. The third-order valence-corrected chi connectivity index (χ3v) is 4.37. The number of nitrogens with two attached hydrogens (primary N) is 1. The lowest BCUT2D eigenvalue weighted by Crippen LogP contribution is -2.09. The molecule has 0 radical (unpaired) electrons. The zero-order valence-corrected chi connectivity index (χ0v) is 12.6. The molecule has 0 saturated heterocycles. The maximum atomic E-state index is 13.2. The second kappa shape index (κ2) is 4.29. The molecule has 112 valence electrons. The molecule has 0 unspecified atom stereocenters. The van der Waals surface area contributed by atoms with E-state index in [1.807, 2.05) is 0 Å². The molecule has 0 fully saturated rings. The van der Waals surface area contributed by atoms with Gasteiger partial charge in [-0.15, -0.1) is 0 Å². The van der Waals surface area contributed by atoms with Crippen LogP contribution in [0, 0.1) is 11.2 Å². The van der Waals surface area contributed by atoms with E-state index in [2.05, 4.69) is 29.0 Å². The van der Waals surface area contributed by atoms with Crippen LogP contribution in [0.5, 0.6) is 0 Å². The second-order valence-corrected chi connectivity index (χ2v) is 6.78. The summed E-state index contributed by atoms with van der Waals surface area (Å²) in [6.07, 6.45) is 1.88. The first-order valence-electron chi connectivity index (χ1n) is 7.36. The smallest absolute Gasteiger partial charge is 0.183 e. The fourth-order valence-electron chi connectivity index (χ4n) is 3.44. The monoisotopic (exact) mass is 296 g/mol. The van der Waals surface area contributed by atoms with Gasteiger partial charge in [-0.1, -0.05) is 13.8 Å². The molecule has 5 heteroatoms. The Morgan fingerprint density at radius 1 is 1.14 bits per heavy atom. The van der Waals surface area contributed by atoms with Crippen LogP contribution in [-0.2, 0) is 12.8 Å². The molecule has 0 spiro atoms. The lowest BCUT2D eigenvalue weighted by atomic mass is 9.90. The first-order chi connectivity index (χ1) is 10.4. The standard InChI is InChI=1S/C17H17FN4/c1-17(2)7-11-12(8-17)14(9-3-5-10(18)6-4-9)20-16-13(11)15(19)21-22-16/h3-6H,7-8H2,1-2H3,(H3,19,20,21,22). The molecule has 1 aliphatic carbocycles. The van der Waals surface area contributed by atoms with Crippen LogP contribution in [0.4, 0.5) is 10.2 Å². The molecular weight excluding hydrogens is 279 g/mol. The number of hydrogen-bond donors (Lipinski definition) is 2. The summed E-state index contributed by atoms with van der Waals surface area (Å²) in [6, 6.07) is 6.47. The van der Waals surface area contributed by atoms with Crippen LogP contribution < -0.4 is 5.73 Å². The Labute approximate surface area is 127 Å². The van der Waals surface area contributed by atoms with Gasteiger partial charge in [-0.25, -0.2) is 9.37 Å². The number of nitrogen functional groups attached to an aromatic ring is 1. The van der Waals surface area contributed by atoms with Gasteiger partial charge in [-0.3, -0.25) is 5.10 Å². The van der Waals surface area contributed by atoms with E-state index in [0.717, 1.165) is 29.5 Å². The van der Waals surface area contributed by atoms with Crippen molar-refractivity contribution in [3.8, 4) is 11.3 Å². The van der Waals surface area contributed by atoms with E-state index in [9.17, 15) is 4.39 Å². The van der Waals surface area contributed by atoms with Gasteiger partial charge in [-0.2, -0.15) is 5.10 Å². The first-order valence-corrected chi connectivity index (χ1v) is 7.36. The van der Waals surface area contributed by atoms with Gasteiger partial charge in [0.05, 0.1) is 11.1 Å². The van der Waals surface area contributed by atoms with E-state index < -0.39 is 0 Å². The molecule has 0 atom stereocenters. The third-order valence-electron chi connectivity index (χ3n) is 4.37.